The quantitative estimate of drug-likeness (QED) is 0.482. The molecule has 0 aliphatic carbocycles. The molecule has 0 bridgehead atoms. The Morgan fingerprint density at radius 2 is 2.12 bits per heavy atom. The van der Waals surface area contributed by atoms with E-state index in [0.29, 0.717) is 22.0 Å². The van der Waals surface area contributed by atoms with Crippen molar-refractivity contribution in [2.45, 2.75) is 6.61 Å². The van der Waals surface area contributed by atoms with E-state index in [1.165, 1.54) is 0 Å². The van der Waals surface area contributed by atoms with Gasteiger partial charge in [-0.2, -0.15) is 0 Å². The van der Waals surface area contributed by atoms with Crippen LogP contribution in [0.2, 0.25) is 0 Å². The van der Waals surface area contributed by atoms with E-state index in [4.69, 9.17) is 5.73 Å². The number of carbonyl (C=O) groups excluding carboxylic acids is 1. The normalized spacial score (nSPS) is 11.0. The molecule has 7 nitrogen and oxygen atoms in total. The van der Waals surface area contributed by atoms with E-state index in [9.17, 15) is 9.90 Å². The van der Waals surface area contributed by atoms with Crippen molar-refractivity contribution in [1.29, 1.82) is 0 Å². The summed E-state index contributed by atoms with van der Waals surface area (Å²) in [6.07, 6.45) is 1.58. The predicted octanol–water partition coefficient (Wildman–Crippen LogP) is 2.81. The molecule has 0 atom stereocenters. The number of aliphatic hydroxyl groups excluding tert-OH is 1. The van der Waals surface area contributed by atoms with E-state index in [1.807, 2.05) is 34.9 Å². The molecule has 0 fully saturated rings. The van der Waals surface area contributed by atoms with Gasteiger partial charge in [-0.25, -0.2) is 9.36 Å². The van der Waals surface area contributed by atoms with Crippen molar-refractivity contribution in [1.82, 2.24) is 13.9 Å². The number of hydrogen-bond donors (Lipinski definition) is 3. The van der Waals surface area contributed by atoms with Crippen molar-refractivity contribution in [3.05, 3.63) is 65.2 Å². The van der Waals surface area contributed by atoms with Crippen molar-refractivity contribution in [2.75, 3.05) is 11.1 Å². The van der Waals surface area contributed by atoms with E-state index in [2.05, 4.69) is 14.7 Å². The third kappa shape index (κ3) is 2.92. The van der Waals surface area contributed by atoms with Crippen LogP contribution in [-0.4, -0.2) is 24.9 Å². The van der Waals surface area contributed by atoms with Crippen LogP contribution in [0.15, 0.2) is 54.7 Å². The Kier molecular flexibility index (Phi) is 4.11. The van der Waals surface area contributed by atoms with Crippen LogP contribution in [0.25, 0.3) is 16.7 Å². The summed E-state index contributed by atoms with van der Waals surface area (Å²) < 4.78 is 5.78. The van der Waals surface area contributed by atoms with Crippen LogP contribution in [-0.2, 0) is 6.61 Å². The van der Waals surface area contributed by atoms with Gasteiger partial charge in [0.15, 0.2) is 0 Å². The highest BCUT2D eigenvalue weighted by Gasteiger charge is 2.17. The summed E-state index contributed by atoms with van der Waals surface area (Å²) in [7, 11) is 0. The summed E-state index contributed by atoms with van der Waals surface area (Å²) >= 11 is 1.12. The number of amides is 1. The van der Waals surface area contributed by atoms with Crippen LogP contribution in [0.4, 0.5) is 11.6 Å². The summed E-state index contributed by atoms with van der Waals surface area (Å²) in [4.78, 5) is 17.5. The van der Waals surface area contributed by atoms with Crippen LogP contribution < -0.4 is 11.1 Å². The number of nitrogens with one attached hydrogen (secondary N) is 1. The second kappa shape index (κ2) is 6.58. The lowest BCUT2D eigenvalue weighted by molar-refractivity contribution is 0.102. The van der Waals surface area contributed by atoms with Crippen LogP contribution in [0.3, 0.4) is 0 Å². The Hall–Kier alpha value is -3.23. The molecule has 0 radical (unpaired) electrons. The van der Waals surface area contributed by atoms with Crippen LogP contribution >= 0.6 is 11.5 Å². The van der Waals surface area contributed by atoms with E-state index in [0.717, 1.165) is 28.3 Å². The van der Waals surface area contributed by atoms with Gasteiger partial charge in [-0.05, 0) is 53.5 Å². The van der Waals surface area contributed by atoms with Crippen LogP contribution in [0, 0.1) is 0 Å². The number of benzene rings is 2. The highest BCUT2D eigenvalue weighted by Crippen LogP contribution is 2.27. The number of anilines is 2. The predicted molar refractivity (Wildman–Crippen MR) is 101 cm³/mol. The molecule has 2 aromatic carbocycles. The lowest BCUT2D eigenvalue weighted by Gasteiger charge is -2.10. The van der Waals surface area contributed by atoms with Gasteiger partial charge in [0.05, 0.1) is 23.3 Å². The molecule has 0 saturated carbocycles. The van der Waals surface area contributed by atoms with Gasteiger partial charge < -0.3 is 10.8 Å². The van der Waals surface area contributed by atoms with Crippen molar-refractivity contribution in [3.63, 3.8) is 0 Å². The fourth-order valence-corrected chi connectivity index (χ4v) is 3.22. The minimum atomic E-state index is -0.282. The first-order chi connectivity index (χ1) is 12.7. The Labute approximate surface area is 152 Å². The molecule has 0 aliphatic heterocycles. The third-order valence-corrected chi connectivity index (χ3v) is 4.66. The maximum absolute atomic E-state index is 12.5. The van der Waals surface area contributed by atoms with Gasteiger partial charge in [0.25, 0.3) is 5.91 Å². The first kappa shape index (κ1) is 16.2. The maximum atomic E-state index is 12.5. The number of aliphatic hydroxyl groups is 1. The van der Waals surface area contributed by atoms with E-state index < -0.39 is 0 Å². The summed E-state index contributed by atoms with van der Waals surface area (Å²) in [5, 5.41) is 12.2. The van der Waals surface area contributed by atoms with Crippen molar-refractivity contribution >= 4 is 40.1 Å². The number of hydrogen-bond acceptors (Lipinski definition) is 6. The number of nitrogens with two attached hydrogens (primary N) is 1. The molecule has 0 saturated heterocycles. The molecule has 2 heterocycles. The Morgan fingerprint density at radius 1 is 1.23 bits per heavy atom. The molecule has 0 unspecified atom stereocenters. The Bertz CT molecular complexity index is 1090. The maximum Gasteiger partial charge on any atom is 0.269 e. The monoisotopic (exact) mass is 365 g/mol. The number of imidazole rings is 1. The van der Waals surface area contributed by atoms with Gasteiger partial charge >= 0.3 is 0 Å². The molecule has 1 amide bonds. The molecule has 0 spiro atoms. The summed E-state index contributed by atoms with van der Waals surface area (Å²) in [5.41, 5.74) is 9.52. The van der Waals surface area contributed by atoms with E-state index in [1.54, 1.807) is 24.4 Å². The highest BCUT2D eigenvalue weighted by molar-refractivity contribution is 7.08. The first-order valence-corrected chi connectivity index (χ1v) is 8.63. The fourth-order valence-electron chi connectivity index (χ4n) is 2.73. The molecule has 2 aromatic heterocycles. The van der Waals surface area contributed by atoms with Crippen molar-refractivity contribution in [3.8, 4) is 5.69 Å². The van der Waals surface area contributed by atoms with E-state index >= 15 is 0 Å². The fraction of sp³-hybridized carbons (Fsp3) is 0.0556. The average Bonchev–Trinajstić information content (AvgIpc) is 3.28. The van der Waals surface area contributed by atoms with Gasteiger partial charge in [0, 0.05) is 11.9 Å². The Balaban J connectivity index is 1.87. The highest BCUT2D eigenvalue weighted by atomic mass is 32.1. The summed E-state index contributed by atoms with van der Waals surface area (Å²) in [6, 6.07) is 14.5. The zero-order valence-electron chi connectivity index (χ0n) is 13.6. The summed E-state index contributed by atoms with van der Waals surface area (Å²) in [5.74, 6) is 0.0921. The minimum absolute atomic E-state index is 0.0797. The van der Waals surface area contributed by atoms with Crippen molar-refractivity contribution < 1.29 is 9.90 Å². The smallest absolute Gasteiger partial charge is 0.269 e. The summed E-state index contributed by atoms with van der Waals surface area (Å²) in [6.45, 7) is -0.0797. The SMILES string of the molecule is Nc1cccc(-n2c(NC(=O)c3ccns3)nc3cc(CO)ccc32)c1. The second-order valence-corrected chi connectivity index (χ2v) is 6.51. The molecule has 130 valence electrons. The molecule has 0 aliphatic rings. The van der Waals surface area contributed by atoms with Gasteiger partial charge in [-0.3, -0.25) is 14.7 Å². The van der Waals surface area contributed by atoms with Gasteiger partial charge in [-0.1, -0.05) is 12.1 Å². The number of nitrogens with zero attached hydrogens (tertiary/aromatic N) is 3. The van der Waals surface area contributed by atoms with Crippen LogP contribution in [0.1, 0.15) is 15.2 Å². The second-order valence-electron chi connectivity index (χ2n) is 5.68. The zero-order valence-corrected chi connectivity index (χ0v) is 14.4. The topological polar surface area (TPSA) is 106 Å². The van der Waals surface area contributed by atoms with Gasteiger partial charge in [-0.15, -0.1) is 0 Å². The molecule has 8 heteroatoms. The minimum Gasteiger partial charge on any atom is -0.399 e. The van der Waals surface area contributed by atoms with Crippen molar-refractivity contribution in [2.24, 2.45) is 0 Å². The standard InChI is InChI=1S/C18H15N5O2S/c19-12-2-1-3-13(9-12)23-15-5-4-11(10-24)8-14(15)21-18(23)22-17(25)16-6-7-20-26-16/h1-9,24H,10,19H2,(H,21,22,25). The third-order valence-electron chi connectivity index (χ3n) is 3.92. The molecular formula is C18H15N5O2S. The molecule has 4 rings (SSSR count). The number of carbonyl (C=O) groups is 1. The first-order valence-electron chi connectivity index (χ1n) is 7.86. The number of rotatable bonds is 4. The lowest BCUT2D eigenvalue weighted by Crippen LogP contribution is -2.14. The van der Waals surface area contributed by atoms with Crippen LogP contribution in [0.5, 0.6) is 0 Å². The molecular weight excluding hydrogens is 350 g/mol. The lowest BCUT2D eigenvalue weighted by atomic mass is 10.2. The van der Waals surface area contributed by atoms with Gasteiger partial charge in [0.1, 0.15) is 4.88 Å². The van der Waals surface area contributed by atoms with Gasteiger partial charge in [0.2, 0.25) is 5.95 Å². The number of aromatic nitrogens is 3. The zero-order chi connectivity index (χ0) is 18.1. The molecule has 26 heavy (non-hydrogen) atoms. The van der Waals surface area contributed by atoms with E-state index in [-0.39, 0.29) is 12.5 Å². The molecule has 4 aromatic rings. The molecule has 4 N–H and O–H groups in total. The number of nitrogen functional groups attached to an aromatic ring is 1. The average molecular weight is 365 g/mol. The Morgan fingerprint density at radius 3 is 2.85 bits per heavy atom. The number of fused-ring (bicyclic) bond motifs is 1. The largest absolute Gasteiger partial charge is 0.399 e.